The van der Waals surface area contributed by atoms with Crippen LogP contribution in [0.5, 0.6) is 0 Å². The molecule has 0 saturated carbocycles. The van der Waals surface area contributed by atoms with E-state index >= 15 is 0 Å². The molecule has 27 heavy (non-hydrogen) atoms. The van der Waals surface area contributed by atoms with Gasteiger partial charge in [0.25, 0.3) is 5.91 Å². The van der Waals surface area contributed by atoms with E-state index < -0.39 is 0 Å². The number of carbonyl (C=O) groups excluding carboxylic acids is 1. The molecule has 0 spiro atoms. The first kappa shape index (κ1) is 16.6. The van der Waals surface area contributed by atoms with E-state index in [2.05, 4.69) is 45.5 Å². The van der Waals surface area contributed by atoms with Crippen LogP contribution in [0.15, 0.2) is 53.4 Å². The van der Waals surface area contributed by atoms with E-state index in [9.17, 15) is 4.79 Å². The molecule has 7 heteroatoms. The van der Waals surface area contributed by atoms with Crippen molar-refractivity contribution in [2.75, 3.05) is 6.54 Å². The molecule has 5 nitrogen and oxygen atoms in total. The lowest BCUT2D eigenvalue weighted by atomic mass is 10.1. The number of hydrogen-bond donors (Lipinski definition) is 0. The second kappa shape index (κ2) is 6.25. The maximum absolute atomic E-state index is 13.1. The molecule has 5 heterocycles. The lowest BCUT2D eigenvalue weighted by Crippen LogP contribution is -2.41. The standard InChI is InChI=1S/C20H17ClN4OS/c1-13-18-4-5-19(14-6-9-27-12-14)24(18)8-7-23(13)20(26)17-10-16-3-2-15(21)11-25(16)22-17/h2-6,9-13H,7-8H2,1H3. The van der Waals surface area contributed by atoms with Gasteiger partial charge in [0.2, 0.25) is 0 Å². The predicted molar refractivity (Wildman–Crippen MR) is 107 cm³/mol. The summed E-state index contributed by atoms with van der Waals surface area (Å²) in [6.45, 7) is 3.52. The molecule has 0 saturated heterocycles. The Morgan fingerprint density at radius 2 is 2.11 bits per heavy atom. The molecule has 0 aromatic carbocycles. The first-order valence-corrected chi connectivity index (χ1v) is 10.1. The van der Waals surface area contributed by atoms with Crippen LogP contribution in [0.2, 0.25) is 5.02 Å². The first-order chi connectivity index (χ1) is 13.1. The summed E-state index contributed by atoms with van der Waals surface area (Å²) >= 11 is 7.72. The van der Waals surface area contributed by atoms with Gasteiger partial charge in [-0.15, -0.1) is 0 Å². The predicted octanol–water partition coefficient (Wildman–Crippen LogP) is 4.73. The van der Waals surface area contributed by atoms with Crippen molar-refractivity contribution in [3.8, 4) is 11.3 Å². The molecule has 0 N–H and O–H groups in total. The number of halogens is 1. The summed E-state index contributed by atoms with van der Waals surface area (Å²) in [5.41, 5.74) is 4.91. The Morgan fingerprint density at radius 3 is 2.93 bits per heavy atom. The van der Waals surface area contributed by atoms with E-state index in [1.54, 1.807) is 28.1 Å². The molecule has 0 aliphatic carbocycles. The number of carbonyl (C=O) groups is 1. The number of pyridine rings is 1. The lowest BCUT2D eigenvalue weighted by Gasteiger charge is -2.35. The van der Waals surface area contributed by atoms with Crippen LogP contribution in [0.4, 0.5) is 0 Å². The van der Waals surface area contributed by atoms with E-state index in [0.29, 0.717) is 17.3 Å². The van der Waals surface area contributed by atoms with E-state index in [-0.39, 0.29) is 11.9 Å². The van der Waals surface area contributed by atoms with Crippen molar-refractivity contribution in [2.24, 2.45) is 0 Å². The van der Waals surface area contributed by atoms with E-state index in [4.69, 9.17) is 11.6 Å². The smallest absolute Gasteiger partial charge is 0.275 e. The third-order valence-corrected chi connectivity index (χ3v) is 6.10. The minimum Gasteiger partial charge on any atom is -0.341 e. The largest absolute Gasteiger partial charge is 0.341 e. The van der Waals surface area contributed by atoms with Gasteiger partial charge < -0.3 is 9.47 Å². The number of aromatic nitrogens is 3. The molecular weight excluding hydrogens is 380 g/mol. The third-order valence-electron chi connectivity index (χ3n) is 5.19. The van der Waals surface area contributed by atoms with Crippen LogP contribution in [-0.4, -0.2) is 31.5 Å². The Morgan fingerprint density at radius 1 is 1.22 bits per heavy atom. The summed E-state index contributed by atoms with van der Waals surface area (Å²) in [5, 5.41) is 9.26. The van der Waals surface area contributed by atoms with Gasteiger partial charge in [-0.2, -0.15) is 16.4 Å². The van der Waals surface area contributed by atoms with Crippen LogP contribution in [0.25, 0.3) is 16.8 Å². The average molecular weight is 397 g/mol. The van der Waals surface area contributed by atoms with Gasteiger partial charge in [0, 0.05) is 41.6 Å². The van der Waals surface area contributed by atoms with Crippen molar-refractivity contribution in [3.63, 3.8) is 0 Å². The summed E-state index contributed by atoms with van der Waals surface area (Å²) in [6.07, 6.45) is 1.71. The van der Waals surface area contributed by atoms with Crippen molar-refractivity contribution < 1.29 is 4.79 Å². The normalized spacial score (nSPS) is 16.7. The molecule has 1 atom stereocenters. The van der Waals surface area contributed by atoms with Crippen LogP contribution in [-0.2, 0) is 6.54 Å². The van der Waals surface area contributed by atoms with Gasteiger partial charge in [-0.1, -0.05) is 11.6 Å². The molecule has 5 rings (SSSR count). The summed E-state index contributed by atoms with van der Waals surface area (Å²) < 4.78 is 3.97. The van der Waals surface area contributed by atoms with Crippen LogP contribution in [0.3, 0.4) is 0 Å². The number of fused-ring (bicyclic) bond motifs is 2. The molecule has 1 aliphatic rings. The van der Waals surface area contributed by atoms with Crippen molar-refractivity contribution >= 4 is 34.4 Å². The molecule has 136 valence electrons. The molecule has 1 aliphatic heterocycles. The van der Waals surface area contributed by atoms with Crippen LogP contribution in [0, 0.1) is 0 Å². The Labute approximate surface area is 165 Å². The van der Waals surface area contributed by atoms with Crippen molar-refractivity contribution in [1.29, 1.82) is 0 Å². The molecule has 1 amide bonds. The van der Waals surface area contributed by atoms with Gasteiger partial charge in [0.05, 0.1) is 16.6 Å². The van der Waals surface area contributed by atoms with E-state index in [1.165, 1.54) is 11.3 Å². The van der Waals surface area contributed by atoms with Crippen molar-refractivity contribution in [3.05, 3.63) is 69.8 Å². The average Bonchev–Trinajstić information content (AvgIpc) is 3.39. The maximum Gasteiger partial charge on any atom is 0.275 e. The second-order valence-corrected chi connectivity index (χ2v) is 7.94. The Hall–Kier alpha value is -2.57. The van der Waals surface area contributed by atoms with Crippen LogP contribution < -0.4 is 0 Å². The lowest BCUT2D eigenvalue weighted by molar-refractivity contribution is 0.0638. The van der Waals surface area contributed by atoms with Gasteiger partial charge in [-0.25, -0.2) is 4.52 Å². The third kappa shape index (κ3) is 2.67. The second-order valence-electron chi connectivity index (χ2n) is 6.73. The minimum absolute atomic E-state index is 0.00737. The molecule has 4 aromatic rings. The first-order valence-electron chi connectivity index (χ1n) is 8.80. The minimum atomic E-state index is -0.0492. The quantitative estimate of drug-likeness (QED) is 0.491. The molecule has 0 bridgehead atoms. The molecule has 1 unspecified atom stereocenters. The maximum atomic E-state index is 13.1. The highest BCUT2D eigenvalue weighted by Gasteiger charge is 2.31. The monoisotopic (exact) mass is 396 g/mol. The van der Waals surface area contributed by atoms with Crippen LogP contribution in [0.1, 0.15) is 29.1 Å². The fourth-order valence-corrected chi connectivity index (χ4v) is 4.62. The fraction of sp³-hybridized carbons (Fsp3) is 0.200. The summed E-state index contributed by atoms with van der Waals surface area (Å²) in [4.78, 5) is 15.0. The van der Waals surface area contributed by atoms with Gasteiger partial charge in [0.15, 0.2) is 5.69 Å². The Balaban J connectivity index is 1.47. The Bertz CT molecular complexity index is 1140. The fourth-order valence-electron chi connectivity index (χ4n) is 3.81. The number of hydrogen-bond acceptors (Lipinski definition) is 3. The summed E-state index contributed by atoms with van der Waals surface area (Å²) in [6, 6.07) is 11.9. The topological polar surface area (TPSA) is 42.5 Å². The highest BCUT2D eigenvalue weighted by Crippen LogP contribution is 2.33. The van der Waals surface area contributed by atoms with Gasteiger partial charge in [-0.05, 0) is 48.7 Å². The van der Waals surface area contributed by atoms with Crippen LogP contribution >= 0.6 is 22.9 Å². The molecular formula is C20H17ClN4OS. The zero-order valence-electron chi connectivity index (χ0n) is 14.7. The number of thiophene rings is 1. The SMILES string of the molecule is CC1c2ccc(-c3ccsc3)n2CCN1C(=O)c1cc2ccc(Cl)cn2n1. The van der Waals surface area contributed by atoms with Gasteiger partial charge in [0.1, 0.15) is 0 Å². The Kier molecular flexibility index (Phi) is 3.84. The zero-order chi connectivity index (χ0) is 18.5. The molecule has 4 aromatic heterocycles. The number of amides is 1. The van der Waals surface area contributed by atoms with E-state index in [1.807, 2.05) is 17.0 Å². The van der Waals surface area contributed by atoms with Crippen molar-refractivity contribution in [2.45, 2.75) is 19.5 Å². The number of rotatable bonds is 2. The van der Waals surface area contributed by atoms with E-state index in [0.717, 1.165) is 17.8 Å². The summed E-state index contributed by atoms with van der Waals surface area (Å²) in [7, 11) is 0. The highest BCUT2D eigenvalue weighted by molar-refractivity contribution is 7.08. The highest BCUT2D eigenvalue weighted by atomic mass is 35.5. The molecule has 0 fully saturated rings. The van der Waals surface area contributed by atoms with Crippen molar-refractivity contribution in [1.82, 2.24) is 19.1 Å². The zero-order valence-corrected chi connectivity index (χ0v) is 16.2. The summed E-state index contributed by atoms with van der Waals surface area (Å²) in [5.74, 6) is -0.0492. The van der Waals surface area contributed by atoms with Gasteiger partial charge in [-0.3, -0.25) is 4.79 Å². The van der Waals surface area contributed by atoms with Gasteiger partial charge >= 0.3 is 0 Å². The number of nitrogens with zero attached hydrogens (tertiary/aromatic N) is 4. The molecule has 0 radical (unpaired) electrons.